The molecular weight excluding hydrogens is 192 g/mol. The first-order valence-corrected chi connectivity index (χ1v) is 5.64. The lowest BCUT2D eigenvalue weighted by Gasteiger charge is -2.27. The molecule has 0 aliphatic heterocycles. The predicted octanol–water partition coefficient (Wildman–Crippen LogP) is 3.49. The van der Waals surface area contributed by atoms with Gasteiger partial charge in [0.15, 0.2) is 0 Å². The topological polar surface area (TPSA) is 46.5 Å². The van der Waals surface area contributed by atoms with E-state index in [-0.39, 0.29) is 11.3 Å². The van der Waals surface area contributed by atoms with Gasteiger partial charge < -0.3 is 4.89 Å². The molecule has 0 bridgehead atoms. The number of hydrogen-bond acceptors (Lipinski definition) is 3. The van der Waals surface area contributed by atoms with Crippen LogP contribution in [0.2, 0.25) is 0 Å². The van der Waals surface area contributed by atoms with Gasteiger partial charge in [-0.25, -0.2) is 4.79 Å². The minimum Gasteiger partial charge on any atom is -0.301 e. The summed E-state index contributed by atoms with van der Waals surface area (Å²) >= 11 is 0. The van der Waals surface area contributed by atoms with E-state index in [4.69, 9.17) is 5.26 Å². The Morgan fingerprint density at radius 3 is 2.13 bits per heavy atom. The Morgan fingerprint density at radius 1 is 1.27 bits per heavy atom. The second kappa shape index (κ2) is 6.11. The number of hydrogen-bond donors (Lipinski definition) is 1. The fraction of sp³-hybridized carbons (Fsp3) is 0.917. The Kier molecular flexibility index (Phi) is 5.88. The SMILES string of the molecule is CC(C)CCCC(C(=O)OO)C(C)(C)C. The molecule has 0 saturated carbocycles. The Labute approximate surface area is 92.8 Å². The van der Waals surface area contributed by atoms with Crippen molar-refractivity contribution in [3.63, 3.8) is 0 Å². The van der Waals surface area contributed by atoms with E-state index in [9.17, 15) is 4.79 Å². The zero-order valence-corrected chi connectivity index (χ0v) is 10.5. The normalized spacial score (nSPS) is 14.1. The van der Waals surface area contributed by atoms with Crippen molar-refractivity contribution < 1.29 is 14.9 Å². The maximum Gasteiger partial charge on any atom is 0.345 e. The third-order valence-electron chi connectivity index (χ3n) is 2.69. The molecule has 0 aliphatic rings. The molecule has 3 heteroatoms. The van der Waals surface area contributed by atoms with Crippen LogP contribution in [0.25, 0.3) is 0 Å². The molecule has 0 fully saturated rings. The van der Waals surface area contributed by atoms with Crippen molar-refractivity contribution in [1.29, 1.82) is 0 Å². The molecule has 0 saturated heterocycles. The second-order valence-electron chi connectivity index (χ2n) is 5.65. The summed E-state index contributed by atoms with van der Waals surface area (Å²) in [5, 5.41) is 8.43. The highest BCUT2D eigenvalue weighted by Gasteiger charge is 2.32. The molecule has 0 aromatic carbocycles. The summed E-state index contributed by atoms with van der Waals surface area (Å²) in [4.78, 5) is 15.2. The summed E-state index contributed by atoms with van der Waals surface area (Å²) in [5.41, 5.74) is -0.156. The fourth-order valence-electron chi connectivity index (χ4n) is 1.70. The Morgan fingerprint density at radius 2 is 1.80 bits per heavy atom. The highest BCUT2D eigenvalue weighted by atomic mass is 17.1. The molecule has 0 radical (unpaired) electrons. The Balaban J connectivity index is 4.21. The van der Waals surface area contributed by atoms with Crippen LogP contribution in [-0.2, 0) is 9.68 Å². The molecule has 0 heterocycles. The molecule has 0 spiro atoms. The molecule has 3 nitrogen and oxygen atoms in total. The highest BCUT2D eigenvalue weighted by Crippen LogP contribution is 2.31. The van der Waals surface area contributed by atoms with Crippen molar-refractivity contribution in [2.45, 2.75) is 53.9 Å². The van der Waals surface area contributed by atoms with Crippen LogP contribution in [-0.4, -0.2) is 11.2 Å². The number of carbonyl (C=O) groups is 1. The molecule has 90 valence electrons. The molecule has 0 aliphatic carbocycles. The first kappa shape index (κ1) is 14.4. The van der Waals surface area contributed by atoms with Gasteiger partial charge in [-0.2, -0.15) is 5.26 Å². The smallest absolute Gasteiger partial charge is 0.301 e. The summed E-state index contributed by atoms with van der Waals surface area (Å²) in [5.74, 6) is -0.0803. The molecule has 1 N–H and O–H groups in total. The number of rotatable bonds is 5. The van der Waals surface area contributed by atoms with Crippen LogP contribution in [0.5, 0.6) is 0 Å². The summed E-state index contributed by atoms with van der Waals surface area (Å²) in [6.07, 6.45) is 2.88. The van der Waals surface area contributed by atoms with E-state index >= 15 is 0 Å². The maximum atomic E-state index is 11.4. The van der Waals surface area contributed by atoms with Crippen molar-refractivity contribution in [1.82, 2.24) is 0 Å². The van der Waals surface area contributed by atoms with E-state index in [1.54, 1.807) is 0 Å². The van der Waals surface area contributed by atoms with E-state index in [0.717, 1.165) is 19.3 Å². The summed E-state index contributed by atoms with van der Waals surface area (Å²) in [7, 11) is 0. The lowest BCUT2D eigenvalue weighted by atomic mass is 9.77. The van der Waals surface area contributed by atoms with Crippen LogP contribution < -0.4 is 0 Å². The first-order chi connectivity index (χ1) is 6.79. The summed E-state index contributed by atoms with van der Waals surface area (Å²) in [6.45, 7) is 10.3. The molecule has 0 amide bonds. The van der Waals surface area contributed by atoms with Crippen molar-refractivity contribution in [2.24, 2.45) is 17.3 Å². The van der Waals surface area contributed by atoms with E-state index in [0.29, 0.717) is 5.92 Å². The molecule has 0 aromatic rings. The van der Waals surface area contributed by atoms with E-state index in [1.807, 2.05) is 20.8 Å². The second-order valence-corrected chi connectivity index (χ2v) is 5.65. The minimum atomic E-state index is -0.508. The molecule has 0 rings (SSSR count). The van der Waals surface area contributed by atoms with Gasteiger partial charge in [0, 0.05) is 0 Å². The summed E-state index contributed by atoms with van der Waals surface area (Å²) in [6, 6.07) is 0. The van der Waals surface area contributed by atoms with Gasteiger partial charge in [-0.15, -0.1) is 0 Å². The lowest BCUT2D eigenvalue weighted by Crippen LogP contribution is -2.29. The molecule has 1 unspecified atom stereocenters. The lowest BCUT2D eigenvalue weighted by molar-refractivity contribution is -0.242. The maximum absolute atomic E-state index is 11.4. The van der Waals surface area contributed by atoms with E-state index in [1.165, 1.54) is 0 Å². The van der Waals surface area contributed by atoms with Gasteiger partial charge in [0.2, 0.25) is 0 Å². The van der Waals surface area contributed by atoms with Gasteiger partial charge in [0.25, 0.3) is 0 Å². The average Bonchev–Trinajstić information content (AvgIpc) is 2.09. The van der Waals surface area contributed by atoms with Gasteiger partial charge in [0.05, 0.1) is 5.92 Å². The average molecular weight is 216 g/mol. The van der Waals surface area contributed by atoms with Crippen LogP contribution in [0.15, 0.2) is 0 Å². The molecule has 0 aromatic heterocycles. The van der Waals surface area contributed by atoms with Gasteiger partial charge in [-0.05, 0) is 17.8 Å². The standard InChI is InChI=1S/C12H24O3/c1-9(2)7-6-8-10(11(13)15-14)12(3,4)5/h9-10,14H,6-8H2,1-5H3. The van der Waals surface area contributed by atoms with Crippen molar-refractivity contribution in [2.75, 3.05) is 0 Å². The molecular formula is C12H24O3. The van der Waals surface area contributed by atoms with Crippen LogP contribution in [0.4, 0.5) is 0 Å². The molecule has 15 heavy (non-hydrogen) atoms. The van der Waals surface area contributed by atoms with Gasteiger partial charge in [-0.1, -0.05) is 47.5 Å². The van der Waals surface area contributed by atoms with Crippen molar-refractivity contribution in [3.05, 3.63) is 0 Å². The zero-order valence-electron chi connectivity index (χ0n) is 10.5. The van der Waals surface area contributed by atoms with Gasteiger partial charge in [0.1, 0.15) is 0 Å². The Hall–Kier alpha value is -0.570. The summed E-state index contributed by atoms with van der Waals surface area (Å²) < 4.78 is 0. The monoisotopic (exact) mass is 216 g/mol. The molecule has 1 atom stereocenters. The fourth-order valence-corrected chi connectivity index (χ4v) is 1.70. The third-order valence-corrected chi connectivity index (χ3v) is 2.69. The quantitative estimate of drug-likeness (QED) is 0.565. The van der Waals surface area contributed by atoms with Gasteiger partial charge in [-0.3, -0.25) is 0 Å². The highest BCUT2D eigenvalue weighted by molar-refractivity contribution is 5.72. The number of carbonyl (C=O) groups excluding carboxylic acids is 1. The van der Waals surface area contributed by atoms with Crippen molar-refractivity contribution in [3.8, 4) is 0 Å². The van der Waals surface area contributed by atoms with Crippen LogP contribution in [0.1, 0.15) is 53.9 Å². The van der Waals surface area contributed by atoms with Crippen LogP contribution in [0.3, 0.4) is 0 Å². The largest absolute Gasteiger partial charge is 0.345 e. The zero-order chi connectivity index (χ0) is 12.1. The predicted molar refractivity (Wildman–Crippen MR) is 60.4 cm³/mol. The van der Waals surface area contributed by atoms with Crippen molar-refractivity contribution >= 4 is 5.97 Å². The van der Waals surface area contributed by atoms with E-state index < -0.39 is 5.97 Å². The van der Waals surface area contributed by atoms with E-state index in [2.05, 4.69) is 18.7 Å². The third kappa shape index (κ3) is 5.78. The first-order valence-electron chi connectivity index (χ1n) is 5.64. The van der Waals surface area contributed by atoms with Crippen LogP contribution >= 0.6 is 0 Å². The Bertz CT molecular complexity index is 192. The van der Waals surface area contributed by atoms with Crippen LogP contribution in [0, 0.1) is 17.3 Å². The van der Waals surface area contributed by atoms with Gasteiger partial charge >= 0.3 is 5.97 Å². The minimum absolute atomic E-state index is 0.156.